The fourth-order valence-electron chi connectivity index (χ4n) is 3.58. The Balaban J connectivity index is 2.10. The van der Waals surface area contributed by atoms with E-state index in [0.717, 1.165) is 17.7 Å². The zero-order valence-corrected chi connectivity index (χ0v) is 15.2. The van der Waals surface area contributed by atoms with E-state index >= 15 is 0 Å². The van der Waals surface area contributed by atoms with Gasteiger partial charge >= 0.3 is 12.0 Å². The first-order valence-electron chi connectivity index (χ1n) is 8.82. The molecule has 0 unspecified atom stereocenters. The number of hydrogen-bond acceptors (Lipinski definition) is 6. The first-order chi connectivity index (χ1) is 12.1. The van der Waals surface area contributed by atoms with Gasteiger partial charge in [-0.05, 0) is 25.7 Å². The summed E-state index contributed by atoms with van der Waals surface area (Å²) in [6.07, 6.45) is 1.80. The Morgan fingerprint density at radius 3 is 2.00 bits per heavy atom. The molecule has 0 aromatic heterocycles. The fraction of sp³-hybridized carbons (Fsp3) is 0.706. The third-order valence-corrected chi connectivity index (χ3v) is 4.96. The van der Waals surface area contributed by atoms with Gasteiger partial charge in [-0.25, -0.2) is 9.59 Å². The molecule has 0 aromatic carbocycles. The Hall–Kier alpha value is -2.45. The molecule has 0 radical (unpaired) electrons. The first kappa shape index (κ1) is 19.9. The van der Waals surface area contributed by atoms with Gasteiger partial charge in [0.25, 0.3) is 5.91 Å². The van der Waals surface area contributed by atoms with Crippen LogP contribution in [0.3, 0.4) is 0 Å². The minimum absolute atomic E-state index is 0.355. The minimum atomic E-state index is -1.26. The molecule has 2 rings (SSSR count). The van der Waals surface area contributed by atoms with Gasteiger partial charge in [0.15, 0.2) is 6.10 Å². The lowest BCUT2D eigenvalue weighted by Crippen LogP contribution is -2.49. The molecule has 2 fully saturated rings. The van der Waals surface area contributed by atoms with Crippen molar-refractivity contribution in [2.24, 2.45) is 23.5 Å². The van der Waals surface area contributed by atoms with E-state index in [1.54, 1.807) is 13.8 Å². The van der Waals surface area contributed by atoms with Gasteiger partial charge in [-0.2, -0.15) is 0 Å². The number of primary amides is 1. The summed E-state index contributed by atoms with van der Waals surface area (Å²) >= 11 is 0. The van der Waals surface area contributed by atoms with Crippen LogP contribution in [0, 0.1) is 17.8 Å². The maximum Gasteiger partial charge on any atom is 0.329 e. The zero-order chi connectivity index (χ0) is 19.6. The molecule has 1 aliphatic carbocycles. The highest BCUT2D eigenvalue weighted by atomic mass is 16.6. The third-order valence-electron chi connectivity index (χ3n) is 4.96. The van der Waals surface area contributed by atoms with Crippen LogP contribution in [-0.2, 0) is 23.9 Å². The first-order valence-corrected chi connectivity index (χ1v) is 8.82. The molecule has 5 amide bonds. The molecule has 0 bridgehead atoms. The van der Waals surface area contributed by atoms with E-state index in [0.29, 0.717) is 12.8 Å². The molecule has 9 nitrogen and oxygen atoms in total. The summed E-state index contributed by atoms with van der Waals surface area (Å²) in [6, 6.07) is -2.19. The molecule has 144 valence electrons. The number of urea groups is 1. The van der Waals surface area contributed by atoms with Crippen molar-refractivity contribution in [2.45, 2.75) is 58.6 Å². The number of likely N-dealkylation sites (tertiary alicyclic amines) is 1. The number of nitrogens with one attached hydrogen (secondary N) is 1. The Bertz CT molecular complexity index is 608. The Morgan fingerprint density at radius 1 is 1.08 bits per heavy atom. The van der Waals surface area contributed by atoms with E-state index in [1.165, 1.54) is 6.92 Å². The van der Waals surface area contributed by atoms with Crippen LogP contribution >= 0.6 is 0 Å². The molecule has 1 aliphatic heterocycles. The van der Waals surface area contributed by atoms with Crippen molar-refractivity contribution in [3.05, 3.63) is 0 Å². The molecule has 26 heavy (non-hydrogen) atoms. The van der Waals surface area contributed by atoms with E-state index < -0.39 is 36.0 Å². The van der Waals surface area contributed by atoms with E-state index in [4.69, 9.17) is 10.5 Å². The SMILES string of the molecule is CC(C)[C@H](OC(=O)[C@H](C)N1C(=O)[C@H]2CCCC[C@@H]2C1=O)C(=O)NC(N)=O. The quantitative estimate of drug-likeness (QED) is 0.530. The molecular weight excluding hydrogens is 342 g/mol. The van der Waals surface area contributed by atoms with Crippen LogP contribution in [0.15, 0.2) is 0 Å². The number of nitrogens with two attached hydrogens (primary N) is 1. The van der Waals surface area contributed by atoms with Gasteiger partial charge in [0, 0.05) is 0 Å². The summed E-state index contributed by atoms with van der Waals surface area (Å²) in [7, 11) is 0. The zero-order valence-electron chi connectivity index (χ0n) is 15.2. The van der Waals surface area contributed by atoms with Crippen LogP contribution in [0.5, 0.6) is 0 Å². The number of ether oxygens (including phenoxy) is 1. The van der Waals surface area contributed by atoms with Crippen LogP contribution in [0.2, 0.25) is 0 Å². The highest BCUT2D eigenvalue weighted by Gasteiger charge is 2.51. The summed E-state index contributed by atoms with van der Waals surface area (Å²) in [5, 5.41) is 1.87. The van der Waals surface area contributed by atoms with E-state index in [2.05, 4.69) is 0 Å². The molecule has 1 saturated heterocycles. The average molecular weight is 367 g/mol. The molecule has 4 atom stereocenters. The topological polar surface area (TPSA) is 136 Å². The number of rotatable bonds is 5. The Labute approximate surface area is 151 Å². The monoisotopic (exact) mass is 367 g/mol. The van der Waals surface area contributed by atoms with Crippen LogP contribution in [0.4, 0.5) is 4.79 Å². The van der Waals surface area contributed by atoms with Crippen LogP contribution in [-0.4, -0.2) is 46.8 Å². The molecule has 1 saturated carbocycles. The number of nitrogens with zero attached hydrogens (tertiary/aromatic N) is 1. The van der Waals surface area contributed by atoms with Crippen molar-refractivity contribution in [3.63, 3.8) is 0 Å². The van der Waals surface area contributed by atoms with Gasteiger partial charge in [0.2, 0.25) is 11.8 Å². The van der Waals surface area contributed by atoms with Crippen molar-refractivity contribution in [1.82, 2.24) is 10.2 Å². The van der Waals surface area contributed by atoms with Crippen molar-refractivity contribution >= 4 is 29.7 Å². The molecule has 0 aromatic rings. The van der Waals surface area contributed by atoms with Crippen molar-refractivity contribution in [2.75, 3.05) is 0 Å². The predicted octanol–water partition coefficient (Wildman–Crippen LogP) is 0.313. The van der Waals surface area contributed by atoms with Crippen LogP contribution in [0.25, 0.3) is 0 Å². The number of fused-ring (bicyclic) bond motifs is 1. The minimum Gasteiger partial charge on any atom is -0.450 e. The second kappa shape index (κ2) is 7.84. The summed E-state index contributed by atoms with van der Waals surface area (Å²) in [4.78, 5) is 61.4. The largest absolute Gasteiger partial charge is 0.450 e. The highest BCUT2D eigenvalue weighted by Crippen LogP contribution is 2.39. The number of carbonyl (C=O) groups is 5. The van der Waals surface area contributed by atoms with Gasteiger partial charge in [0.05, 0.1) is 11.8 Å². The number of imide groups is 2. The van der Waals surface area contributed by atoms with Gasteiger partial charge < -0.3 is 10.5 Å². The Kier molecular flexibility index (Phi) is 5.99. The lowest BCUT2D eigenvalue weighted by Gasteiger charge is -2.25. The summed E-state index contributed by atoms with van der Waals surface area (Å²) in [5.74, 6) is -3.60. The van der Waals surface area contributed by atoms with Crippen molar-refractivity contribution in [1.29, 1.82) is 0 Å². The lowest BCUT2D eigenvalue weighted by atomic mass is 9.81. The number of esters is 1. The molecule has 0 spiro atoms. The van der Waals surface area contributed by atoms with Crippen molar-refractivity contribution in [3.8, 4) is 0 Å². The van der Waals surface area contributed by atoms with Crippen LogP contribution < -0.4 is 11.1 Å². The van der Waals surface area contributed by atoms with Gasteiger partial charge in [-0.15, -0.1) is 0 Å². The molecule has 1 heterocycles. The maximum atomic E-state index is 12.6. The van der Waals surface area contributed by atoms with Crippen LogP contribution in [0.1, 0.15) is 46.5 Å². The Morgan fingerprint density at radius 2 is 1.58 bits per heavy atom. The summed E-state index contributed by atoms with van der Waals surface area (Å²) in [5.41, 5.74) is 4.92. The standard InChI is InChI=1S/C17H25N3O6/c1-8(2)12(13(21)19-17(18)25)26-16(24)9(3)20-14(22)10-6-4-5-7-11(10)15(20)23/h8-12H,4-7H2,1-3H3,(H3,18,19,21,25)/t9-,10-,11-,12-/m0/s1. The molecule has 3 N–H and O–H groups in total. The van der Waals surface area contributed by atoms with Gasteiger partial charge in [-0.1, -0.05) is 26.7 Å². The number of carbonyl (C=O) groups excluding carboxylic acids is 5. The molecular formula is C17H25N3O6. The second-order valence-electron chi connectivity index (χ2n) is 7.17. The van der Waals surface area contributed by atoms with E-state index in [-0.39, 0.29) is 23.7 Å². The third kappa shape index (κ3) is 3.86. The molecule has 2 aliphatic rings. The van der Waals surface area contributed by atoms with Gasteiger partial charge in [-0.3, -0.25) is 24.6 Å². The maximum absolute atomic E-state index is 12.6. The summed E-state index contributed by atoms with van der Waals surface area (Å²) in [6.45, 7) is 4.66. The normalized spacial score (nSPS) is 24.8. The smallest absolute Gasteiger partial charge is 0.329 e. The number of hydrogen-bond donors (Lipinski definition) is 2. The molecule has 9 heteroatoms. The highest BCUT2D eigenvalue weighted by molar-refractivity contribution is 6.08. The number of amides is 5. The second-order valence-corrected chi connectivity index (χ2v) is 7.17. The average Bonchev–Trinajstić information content (AvgIpc) is 2.82. The van der Waals surface area contributed by atoms with E-state index in [1.807, 2.05) is 5.32 Å². The predicted molar refractivity (Wildman–Crippen MR) is 89.2 cm³/mol. The summed E-state index contributed by atoms with van der Waals surface area (Å²) < 4.78 is 5.19. The van der Waals surface area contributed by atoms with Crippen molar-refractivity contribution < 1.29 is 28.7 Å². The van der Waals surface area contributed by atoms with E-state index in [9.17, 15) is 24.0 Å². The fourth-order valence-corrected chi connectivity index (χ4v) is 3.58. The van der Waals surface area contributed by atoms with Gasteiger partial charge in [0.1, 0.15) is 6.04 Å². The lowest BCUT2D eigenvalue weighted by molar-refractivity contribution is -0.166.